The van der Waals surface area contributed by atoms with Gasteiger partial charge in [-0.2, -0.15) is 0 Å². The number of carbonyl (C=O) groups is 1. The summed E-state index contributed by atoms with van der Waals surface area (Å²) in [6.45, 7) is 1.57. The molecule has 2 atom stereocenters. The summed E-state index contributed by atoms with van der Waals surface area (Å²) in [4.78, 5) is 14.6. The Labute approximate surface area is 217 Å². The zero-order valence-corrected chi connectivity index (χ0v) is 21.5. The van der Waals surface area contributed by atoms with E-state index in [4.69, 9.17) is 16.3 Å². The van der Waals surface area contributed by atoms with Crippen LogP contribution >= 0.6 is 11.6 Å². The lowest BCUT2D eigenvalue weighted by atomic mass is 9.88. The maximum Gasteiger partial charge on any atom is 0.343 e. The van der Waals surface area contributed by atoms with Crippen LogP contribution in [0.3, 0.4) is 0 Å². The van der Waals surface area contributed by atoms with Crippen molar-refractivity contribution in [2.75, 3.05) is 25.4 Å². The van der Waals surface area contributed by atoms with E-state index in [-0.39, 0.29) is 22.3 Å². The van der Waals surface area contributed by atoms with Crippen LogP contribution in [0.4, 0.5) is 0 Å². The molecule has 0 radical (unpaired) electrons. The average molecular weight is 528 g/mol. The van der Waals surface area contributed by atoms with Gasteiger partial charge in [-0.05, 0) is 72.8 Å². The van der Waals surface area contributed by atoms with Crippen molar-refractivity contribution < 1.29 is 23.1 Å². The minimum absolute atomic E-state index is 0.0482. The summed E-state index contributed by atoms with van der Waals surface area (Å²) in [5.74, 6) is 0.143. The lowest BCUT2D eigenvalue weighted by Gasteiger charge is -2.36. The molecule has 1 aliphatic heterocycles. The molecule has 3 aromatic rings. The summed E-state index contributed by atoms with van der Waals surface area (Å²) in [5.41, 5.74) is 2.38. The van der Waals surface area contributed by atoms with Gasteiger partial charge in [-0.15, -0.1) is 11.6 Å². The summed E-state index contributed by atoms with van der Waals surface area (Å²) < 4.78 is 31.1. The minimum atomic E-state index is -3.52. The van der Waals surface area contributed by atoms with Crippen LogP contribution in [0, 0.1) is 5.92 Å². The number of hydrogen-bond acceptors (Lipinski definition) is 6. The van der Waals surface area contributed by atoms with Crippen molar-refractivity contribution in [1.29, 1.82) is 0 Å². The van der Waals surface area contributed by atoms with Crippen LogP contribution in [0.1, 0.15) is 27.9 Å². The number of halogens is 1. The molecule has 8 heteroatoms. The zero-order valence-electron chi connectivity index (χ0n) is 19.9. The van der Waals surface area contributed by atoms with Gasteiger partial charge in [0.25, 0.3) is 0 Å². The molecule has 3 aromatic carbocycles. The van der Waals surface area contributed by atoms with Crippen molar-refractivity contribution in [3.05, 3.63) is 95.6 Å². The second kappa shape index (κ2) is 12.0. The lowest BCUT2D eigenvalue weighted by molar-refractivity contribution is 0.0245. The van der Waals surface area contributed by atoms with Gasteiger partial charge in [-0.25, -0.2) is 13.2 Å². The van der Waals surface area contributed by atoms with E-state index in [9.17, 15) is 18.3 Å². The van der Waals surface area contributed by atoms with E-state index in [0.717, 1.165) is 24.9 Å². The highest BCUT2D eigenvalue weighted by molar-refractivity contribution is 7.91. The highest BCUT2D eigenvalue weighted by atomic mass is 35.5. The number of sulfone groups is 1. The second-order valence-corrected chi connectivity index (χ2v) is 11.5. The third-order valence-electron chi connectivity index (χ3n) is 6.53. The Balaban J connectivity index is 1.29. The summed E-state index contributed by atoms with van der Waals surface area (Å²) >= 11 is 5.82. The van der Waals surface area contributed by atoms with E-state index < -0.39 is 21.9 Å². The van der Waals surface area contributed by atoms with Crippen LogP contribution in [0.25, 0.3) is 0 Å². The summed E-state index contributed by atoms with van der Waals surface area (Å²) in [5, 5.41) is 10.6. The highest BCUT2D eigenvalue weighted by Crippen LogP contribution is 2.23. The van der Waals surface area contributed by atoms with Crippen LogP contribution in [0.2, 0.25) is 0 Å². The predicted molar refractivity (Wildman–Crippen MR) is 140 cm³/mol. The van der Waals surface area contributed by atoms with Gasteiger partial charge in [0.1, 0.15) is 5.75 Å². The number of rotatable bonds is 9. The number of β-amino-alcohol motifs (C(OH)–C–C–N with tert-alkyl or cyclic N) is 1. The van der Waals surface area contributed by atoms with Gasteiger partial charge in [0.15, 0.2) is 9.84 Å². The van der Waals surface area contributed by atoms with Crippen molar-refractivity contribution in [1.82, 2.24) is 4.90 Å². The average Bonchev–Trinajstić information content (AvgIpc) is 2.90. The zero-order chi connectivity index (χ0) is 25.5. The first-order valence-corrected chi connectivity index (χ1v) is 14.2. The number of benzene rings is 3. The Kier molecular flexibility index (Phi) is 8.80. The van der Waals surface area contributed by atoms with Crippen molar-refractivity contribution in [3.63, 3.8) is 0 Å². The first-order chi connectivity index (χ1) is 17.3. The Bertz CT molecular complexity index is 1260. The SMILES string of the molecule is O=C(Oc1ccc(S(=O)(=O)CCN2CCC(Cc3ccccc3)[C@H](O)C2)cc1)c1cccc(CCl)c1. The normalized spacial score (nSPS) is 18.6. The molecule has 0 amide bonds. The van der Waals surface area contributed by atoms with Crippen LogP contribution in [0.15, 0.2) is 83.8 Å². The fourth-order valence-corrected chi connectivity index (χ4v) is 5.88. The summed E-state index contributed by atoms with van der Waals surface area (Å²) in [7, 11) is -3.52. The second-order valence-electron chi connectivity index (χ2n) is 9.12. The quantitative estimate of drug-likeness (QED) is 0.253. The van der Waals surface area contributed by atoms with E-state index in [2.05, 4.69) is 12.1 Å². The van der Waals surface area contributed by atoms with Gasteiger partial charge in [0, 0.05) is 19.0 Å². The molecule has 0 aliphatic carbocycles. The van der Waals surface area contributed by atoms with Gasteiger partial charge in [-0.3, -0.25) is 4.90 Å². The third-order valence-corrected chi connectivity index (χ3v) is 8.55. The van der Waals surface area contributed by atoms with Crippen LogP contribution in [-0.2, 0) is 22.1 Å². The molecule has 1 unspecified atom stereocenters. The smallest absolute Gasteiger partial charge is 0.343 e. The van der Waals surface area contributed by atoms with Crippen LogP contribution < -0.4 is 4.74 Å². The van der Waals surface area contributed by atoms with Crippen LogP contribution in [-0.4, -0.2) is 55.9 Å². The van der Waals surface area contributed by atoms with E-state index in [1.165, 1.54) is 29.8 Å². The number of esters is 1. The Morgan fingerprint density at radius 1 is 1.00 bits per heavy atom. The number of aliphatic hydroxyl groups is 1. The molecule has 36 heavy (non-hydrogen) atoms. The first kappa shape index (κ1) is 26.4. The number of carbonyl (C=O) groups excluding carboxylic acids is 1. The largest absolute Gasteiger partial charge is 0.423 e. The fourth-order valence-electron chi connectivity index (χ4n) is 4.43. The molecule has 6 nitrogen and oxygen atoms in total. The number of ether oxygens (including phenoxy) is 1. The number of aliphatic hydroxyl groups excluding tert-OH is 1. The standard InChI is InChI=1S/C28H30ClNO5S/c29-19-22-7-4-8-24(18-22)28(32)35-25-9-11-26(12-10-25)36(33,34)16-15-30-14-13-23(27(31)20-30)17-21-5-2-1-3-6-21/h1-12,18,23,27,31H,13-17,19-20H2/t23?,27-/m1/s1. The van der Waals surface area contributed by atoms with Crippen molar-refractivity contribution in [3.8, 4) is 5.75 Å². The molecule has 0 saturated carbocycles. The van der Waals surface area contributed by atoms with Crippen molar-refractivity contribution in [2.24, 2.45) is 5.92 Å². The Hall–Kier alpha value is -2.71. The maximum absolute atomic E-state index is 12.9. The molecule has 1 heterocycles. The number of piperidine rings is 1. The van der Waals surface area contributed by atoms with Gasteiger partial charge < -0.3 is 9.84 Å². The first-order valence-electron chi connectivity index (χ1n) is 12.0. The summed E-state index contributed by atoms with van der Waals surface area (Å²) in [6, 6.07) is 22.8. The van der Waals surface area contributed by atoms with E-state index >= 15 is 0 Å². The van der Waals surface area contributed by atoms with E-state index in [0.29, 0.717) is 24.5 Å². The molecule has 1 aliphatic rings. The summed E-state index contributed by atoms with van der Waals surface area (Å²) in [6.07, 6.45) is 1.16. The van der Waals surface area contributed by atoms with Crippen molar-refractivity contribution >= 4 is 27.4 Å². The molecule has 0 spiro atoms. The number of likely N-dealkylation sites (tertiary alicyclic amines) is 1. The topological polar surface area (TPSA) is 83.9 Å². The lowest BCUT2D eigenvalue weighted by Crippen LogP contribution is -2.46. The third kappa shape index (κ3) is 6.95. The molecule has 1 fully saturated rings. The molecule has 0 aromatic heterocycles. The van der Waals surface area contributed by atoms with E-state index in [1.807, 2.05) is 29.2 Å². The molecular weight excluding hydrogens is 498 g/mol. The fraction of sp³-hybridized carbons (Fsp3) is 0.321. The van der Waals surface area contributed by atoms with Gasteiger partial charge in [-0.1, -0.05) is 42.5 Å². The van der Waals surface area contributed by atoms with Gasteiger partial charge in [0.05, 0.1) is 22.3 Å². The highest BCUT2D eigenvalue weighted by Gasteiger charge is 2.28. The number of nitrogens with zero attached hydrogens (tertiary/aromatic N) is 1. The molecule has 1 N–H and O–H groups in total. The molecular formula is C28H30ClNO5S. The number of alkyl halides is 1. The minimum Gasteiger partial charge on any atom is -0.423 e. The van der Waals surface area contributed by atoms with Gasteiger partial charge >= 0.3 is 5.97 Å². The molecule has 190 valence electrons. The van der Waals surface area contributed by atoms with Crippen LogP contribution in [0.5, 0.6) is 5.75 Å². The molecule has 1 saturated heterocycles. The monoisotopic (exact) mass is 527 g/mol. The Morgan fingerprint density at radius 2 is 1.72 bits per heavy atom. The predicted octanol–water partition coefficient (Wildman–Crippen LogP) is 4.34. The number of hydrogen-bond donors (Lipinski definition) is 1. The Morgan fingerprint density at radius 3 is 2.42 bits per heavy atom. The van der Waals surface area contributed by atoms with E-state index in [1.54, 1.807) is 18.2 Å². The van der Waals surface area contributed by atoms with Gasteiger partial charge in [0.2, 0.25) is 0 Å². The van der Waals surface area contributed by atoms with Crippen molar-refractivity contribution in [2.45, 2.75) is 29.7 Å². The molecule has 4 rings (SSSR count). The molecule has 0 bridgehead atoms. The maximum atomic E-state index is 12.9.